The van der Waals surface area contributed by atoms with Gasteiger partial charge in [-0.25, -0.2) is 0 Å². The Balaban J connectivity index is 2.12. The van der Waals surface area contributed by atoms with E-state index in [1.54, 1.807) is 0 Å². The van der Waals surface area contributed by atoms with E-state index in [1.807, 2.05) is 0 Å². The van der Waals surface area contributed by atoms with Crippen LogP contribution in [0.25, 0.3) is 0 Å². The van der Waals surface area contributed by atoms with Crippen molar-refractivity contribution in [3.8, 4) is 0 Å². The monoisotopic (exact) mass is 263 g/mol. The first-order valence-corrected chi connectivity index (χ1v) is 7.83. The zero-order valence-corrected chi connectivity index (χ0v) is 12.5. The highest BCUT2D eigenvalue weighted by Crippen LogP contribution is 2.29. The van der Waals surface area contributed by atoms with E-state index in [9.17, 15) is 0 Å². The normalized spacial score (nSPS) is 16.5. The van der Waals surface area contributed by atoms with Crippen molar-refractivity contribution in [1.29, 1.82) is 0 Å². The predicted octanol–water partition coefficient (Wildman–Crippen LogP) is 4.09. The van der Waals surface area contributed by atoms with Gasteiger partial charge >= 0.3 is 0 Å². The van der Waals surface area contributed by atoms with Gasteiger partial charge in [0.1, 0.15) is 0 Å². The third kappa shape index (κ3) is 3.23. The summed E-state index contributed by atoms with van der Waals surface area (Å²) in [7, 11) is 0. The maximum atomic E-state index is 4.51. The number of aryl methyl sites for hydroxylation is 2. The fraction of sp³-hybridized carbons (Fsp3) is 0.625. The van der Waals surface area contributed by atoms with Gasteiger partial charge in [-0.2, -0.15) is 12.6 Å². The zero-order valence-electron chi connectivity index (χ0n) is 11.7. The van der Waals surface area contributed by atoms with E-state index >= 15 is 0 Å². The molecule has 0 saturated carbocycles. The van der Waals surface area contributed by atoms with Crippen molar-refractivity contribution in [3.05, 3.63) is 29.3 Å². The molecule has 100 valence electrons. The van der Waals surface area contributed by atoms with Crippen LogP contribution in [-0.4, -0.2) is 18.8 Å². The number of hydrogen-bond donors (Lipinski definition) is 1. The SMILES string of the molecule is CCCC(CS)CN1CCCc2cc(C)ccc21. The van der Waals surface area contributed by atoms with Crippen molar-refractivity contribution < 1.29 is 0 Å². The second kappa shape index (κ2) is 6.51. The molecule has 2 rings (SSSR count). The zero-order chi connectivity index (χ0) is 13.0. The average Bonchev–Trinajstić information content (AvgIpc) is 2.38. The van der Waals surface area contributed by atoms with Crippen LogP contribution in [0.3, 0.4) is 0 Å². The highest BCUT2D eigenvalue weighted by molar-refractivity contribution is 7.80. The second-order valence-electron chi connectivity index (χ2n) is 5.52. The first-order chi connectivity index (χ1) is 8.74. The summed E-state index contributed by atoms with van der Waals surface area (Å²) in [5, 5.41) is 0. The predicted molar refractivity (Wildman–Crippen MR) is 84.0 cm³/mol. The van der Waals surface area contributed by atoms with Gasteiger partial charge < -0.3 is 4.90 Å². The molecule has 18 heavy (non-hydrogen) atoms. The largest absolute Gasteiger partial charge is 0.371 e. The molecule has 0 spiro atoms. The Labute approximate surface area is 117 Å². The molecule has 1 unspecified atom stereocenters. The summed E-state index contributed by atoms with van der Waals surface area (Å²) in [4.78, 5) is 2.58. The minimum atomic E-state index is 0.727. The fourth-order valence-corrected chi connectivity index (χ4v) is 3.25. The standard InChI is InChI=1S/C16H25NS/c1-3-5-14(12-18)11-17-9-4-6-15-10-13(2)7-8-16(15)17/h7-8,10,14,18H,3-6,9,11-12H2,1-2H3. The lowest BCUT2D eigenvalue weighted by atomic mass is 9.97. The summed E-state index contributed by atoms with van der Waals surface area (Å²) in [5.41, 5.74) is 4.39. The minimum Gasteiger partial charge on any atom is -0.371 e. The summed E-state index contributed by atoms with van der Waals surface area (Å²) in [6, 6.07) is 6.91. The lowest BCUT2D eigenvalue weighted by molar-refractivity contribution is 0.510. The molecule has 1 heterocycles. The van der Waals surface area contributed by atoms with Gasteiger partial charge in [0.2, 0.25) is 0 Å². The van der Waals surface area contributed by atoms with Crippen LogP contribution >= 0.6 is 12.6 Å². The van der Waals surface area contributed by atoms with Crippen LogP contribution in [0.4, 0.5) is 5.69 Å². The molecule has 1 aliphatic rings. The van der Waals surface area contributed by atoms with E-state index in [4.69, 9.17) is 0 Å². The molecule has 1 aromatic carbocycles. The fourth-order valence-electron chi connectivity index (χ4n) is 2.95. The summed E-state index contributed by atoms with van der Waals surface area (Å²) in [6.07, 6.45) is 5.09. The van der Waals surface area contributed by atoms with Crippen molar-refractivity contribution in [2.24, 2.45) is 5.92 Å². The van der Waals surface area contributed by atoms with Crippen molar-refractivity contribution in [3.63, 3.8) is 0 Å². The summed E-state index contributed by atoms with van der Waals surface area (Å²) >= 11 is 4.51. The number of anilines is 1. The first-order valence-electron chi connectivity index (χ1n) is 7.20. The molecule has 0 fully saturated rings. The van der Waals surface area contributed by atoms with Crippen LogP contribution in [0.1, 0.15) is 37.3 Å². The van der Waals surface area contributed by atoms with Gasteiger partial charge in [0, 0.05) is 18.8 Å². The molecular weight excluding hydrogens is 238 g/mol. The molecular formula is C16H25NS. The van der Waals surface area contributed by atoms with Crippen LogP contribution in [0.15, 0.2) is 18.2 Å². The lowest BCUT2D eigenvalue weighted by Crippen LogP contribution is -2.34. The summed E-state index contributed by atoms with van der Waals surface area (Å²) < 4.78 is 0. The lowest BCUT2D eigenvalue weighted by Gasteiger charge is -2.34. The van der Waals surface area contributed by atoms with Gasteiger partial charge in [0.05, 0.1) is 0 Å². The Bertz CT molecular complexity index is 389. The highest BCUT2D eigenvalue weighted by atomic mass is 32.1. The smallest absolute Gasteiger partial charge is 0.0399 e. The van der Waals surface area contributed by atoms with Crippen molar-refractivity contribution in [2.75, 3.05) is 23.7 Å². The van der Waals surface area contributed by atoms with Gasteiger partial charge in [-0.15, -0.1) is 0 Å². The Hall–Kier alpha value is -0.630. The van der Waals surface area contributed by atoms with Crippen LogP contribution < -0.4 is 4.90 Å². The Kier molecular flexibility index (Phi) is 4.99. The molecule has 0 aliphatic carbocycles. The van der Waals surface area contributed by atoms with Crippen molar-refractivity contribution >= 4 is 18.3 Å². The molecule has 0 saturated heterocycles. The van der Waals surface area contributed by atoms with Gasteiger partial charge in [-0.1, -0.05) is 31.0 Å². The van der Waals surface area contributed by atoms with E-state index in [-0.39, 0.29) is 0 Å². The van der Waals surface area contributed by atoms with Gasteiger partial charge in [-0.05, 0) is 49.5 Å². The number of hydrogen-bond acceptors (Lipinski definition) is 2. The number of benzene rings is 1. The van der Waals surface area contributed by atoms with Crippen LogP contribution in [0, 0.1) is 12.8 Å². The second-order valence-corrected chi connectivity index (χ2v) is 5.88. The van der Waals surface area contributed by atoms with E-state index in [0.717, 1.165) is 11.7 Å². The summed E-state index contributed by atoms with van der Waals surface area (Å²) in [6.45, 7) is 6.84. The van der Waals surface area contributed by atoms with Crippen LogP contribution in [0.2, 0.25) is 0 Å². The molecule has 1 nitrogen and oxygen atoms in total. The third-order valence-electron chi connectivity index (χ3n) is 3.88. The van der Waals surface area contributed by atoms with Gasteiger partial charge in [0.15, 0.2) is 0 Å². The molecule has 1 aliphatic heterocycles. The number of fused-ring (bicyclic) bond motifs is 1. The number of thiol groups is 1. The molecule has 1 atom stereocenters. The van der Waals surface area contributed by atoms with E-state index in [2.05, 4.69) is 49.6 Å². The highest BCUT2D eigenvalue weighted by Gasteiger charge is 2.19. The maximum Gasteiger partial charge on any atom is 0.0399 e. The minimum absolute atomic E-state index is 0.727. The van der Waals surface area contributed by atoms with E-state index < -0.39 is 0 Å². The van der Waals surface area contributed by atoms with Gasteiger partial charge in [-0.3, -0.25) is 0 Å². The van der Waals surface area contributed by atoms with E-state index in [1.165, 1.54) is 55.6 Å². The molecule has 0 N–H and O–H groups in total. The topological polar surface area (TPSA) is 3.24 Å². The number of nitrogens with zero attached hydrogens (tertiary/aromatic N) is 1. The molecule has 2 heteroatoms. The Morgan fingerprint density at radius 2 is 2.22 bits per heavy atom. The van der Waals surface area contributed by atoms with Crippen LogP contribution in [0.5, 0.6) is 0 Å². The maximum absolute atomic E-state index is 4.51. The third-order valence-corrected chi connectivity index (χ3v) is 4.40. The molecule has 0 bridgehead atoms. The average molecular weight is 263 g/mol. The first kappa shape index (κ1) is 13.8. The van der Waals surface area contributed by atoms with Gasteiger partial charge in [0.25, 0.3) is 0 Å². The van der Waals surface area contributed by atoms with Crippen molar-refractivity contribution in [1.82, 2.24) is 0 Å². The molecule has 0 amide bonds. The van der Waals surface area contributed by atoms with E-state index in [0.29, 0.717) is 0 Å². The molecule has 0 radical (unpaired) electrons. The van der Waals surface area contributed by atoms with Crippen molar-refractivity contribution in [2.45, 2.75) is 39.5 Å². The molecule has 0 aromatic heterocycles. The number of rotatable bonds is 5. The van der Waals surface area contributed by atoms with Crippen LogP contribution in [-0.2, 0) is 6.42 Å². The molecule has 1 aromatic rings. The Morgan fingerprint density at radius 1 is 1.39 bits per heavy atom. The quantitative estimate of drug-likeness (QED) is 0.783. The summed E-state index contributed by atoms with van der Waals surface area (Å²) in [5.74, 6) is 1.73. The Morgan fingerprint density at radius 3 is 2.94 bits per heavy atom.